The number of aromatic amines is 1. The number of fused-ring (bicyclic) bond motifs is 1. The maximum Gasteiger partial charge on any atom is 0.410 e. The van der Waals surface area contributed by atoms with Gasteiger partial charge in [0.25, 0.3) is 5.56 Å². The minimum atomic E-state index is -0.561. The predicted octanol–water partition coefficient (Wildman–Crippen LogP) is 4.43. The molecule has 3 aromatic rings. The molecule has 1 aliphatic heterocycles. The number of amides is 1. The van der Waals surface area contributed by atoms with Crippen LogP contribution in [0.15, 0.2) is 58.1 Å². The van der Waals surface area contributed by atoms with Crippen molar-refractivity contribution in [3.05, 3.63) is 74.9 Å². The van der Waals surface area contributed by atoms with Crippen molar-refractivity contribution in [1.82, 2.24) is 14.5 Å². The number of piperidine rings is 1. The molecule has 1 aromatic heterocycles. The van der Waals surface area contributed by atoms with Crippen molar-refractivity contribution < 1.29 is 9.53 Å². The molecular weight excluding hydrogens is 432 g/mol. The van der Waals surface area contributed by atoms with Crippen LogP contribution < -0.4 is 16.6 Å². The number of ether oxygens (including phenoxy) is 1. The van der Waals surface area contributed by atoms with E-state index in [0.717, 1.165) is 16.3 Å². The van der Waals surface area contributed by atoms with Gasteiger partial charge in [-0.2, -0.15) is 0 Å². The van der Waals surface area contributed by atoms with Crippen LogP contribution in [-0.2, 0) is 4.74 Å². The molecule has 8 heteroatoms. The largest absolute Gasteiger partial charge is 0.444 e. The Bertz CT molecular complexity index is 1270. The molecule has 4 rings (SSSR count). The van der Waals surface area contributed by atoms with Crippen LogP contribution in [0.5, 0.6) is 0 Å². The van der Waals surface area contributed by atoms with E-state index < -0.39 is 11.3 Å². The van der Waals surface area contributed by atoms with Crippen LogP contribution in [0.25, 0.3) is 10.8 Å². The van der Waals surface area contributed by atoms with Gasteiger partial charge in [-0.15, -0.1) is 0 Å². The van der Waals surface area contributed by atoms with Gasteiger partial charge in [0.1, 0.15) is 11.4 Å². The van der Waals surface area contributed by atoms with E-state index in [1.165, 1.54) is 10.6 Å². The number of rotatable bonds is 4. The summed E-state index contributed by atoms with van der Waals surface area (Å²) in [5.41, 5.74) is -0.309. The second-order valence-corrected chi connectivity index (χ2v) is 9.87. The highest BCUT2D eigenvalue weighted by Crippen LogP contribution is 2.24. The summed E-state index contributed by atoms with van der Waals surface area (Å²) in [7, 11) is 0. The van der Waals surface area contributed by atoms with Crippen LogP contribution in [0.3, 0.4) is 0 Å². The van der Waals surface area contributed by atoms with Crippen molar-refractivity contribution in [2.75, 3.05) is 18.4 Å². The summed E-state index contributed by atoms with van der Waals surface area (Å²) in [6, 6.07) is 15.4. The Balaban J connectivity index is 1.44. The second-order valence-electron chi connectivity index (χ2n) is 9.87. The third kappa shape index (κ3) is 5.32. The van der Waals surface area contributed by atoms with Gasteiger partial charge in [0.05, 0.1) is 0 Å². The number of likely N-dealkylation sites (tertiary alicyclic amines) is 1. The van der Waals surface area contributed by atoms with Gasteiger partial charge in [0.15, 0.2) is 0 Å². The topological polar surface area (TPSA) is 96.4 Å². The van der Waals surface area contributed by atoms with Gasteiger partial charge in [-0.05, 0) is 62.9 Å². The first-order valence-electron chi connectivity index (χ1n) is 11.7. The monoisotopic (exact) mass is 464 g/mol. The first-order valence-corrected chi connectivity index (χ1v) is 11.7. The minimum absolute atomic E-state index is 0.104. The van der Waals surface area contributed by atoms with E-state index in [-0.39, 0.29) is 23.7 Å². The van der Waals surface area contributed by atoms with E-state index in [4.69, 9.17) is 4.74 Å². The van der Waals surface area contributed by atoms with Crippen LogP contribution in [-0.4, -0.2) is 39.2 Å². The Kier molecular flexibility index (Phi) is 6.50. The lowest BCUT2D eigenvalue weighted by molar-refractivity contribution is 0.0186. The number of carbonyl (C=O) groups is 1. The number of carbonyl (C=O) groups excluding carboxylic acids is 1. The SMILES string of the molecule is CC(Nc1cc(=O)n(C2CCN(C(=O)OC(C)(C)C)CC2)c(=O)[nH]1)c1ccc2ccccc2c1. The molecule has 0 bridgehead atoms. The molecule has 0 radical (unpaired) electrons. The number of aromatic nitrogens is 2. The standard InChI is InChI=1S/C26H32N4O4/c1-17(19-10-9-18-7-5-6-8-20(18)15-19)27-22-16-23(31)30(24(32)28-22)21-11-13-29(14-12-21)25(33)34-26(2,3)4/h5-10,15-17,21,27H,11-14H2,1-4H3,(H,28,32). The van der Waals surface area contributed by atoms with Crippen LogP contribution in [0.1, 0.15) is 58.2 Å². The maximum atomic E-state index is 12.9. The number of hydrogen-bond donors (Lipinski definition) is 2. The van der Waals surface area contributed by atoms with Crippen molar-refractivity contribution in [2.45, 2.75) is 58.2 Å². The van der Waals surface area contributed by atoms with E-state index >= 15 is 0 Å². The predicted molar refractivity (Wildman–Crippen MR) is 133 cm³/mol. The lowest BCUT2D eigenvalue weighted by Gasteiger charge is -2.33. The summed E-state index contributed by atoms with van der Waals surface area (Å²) >= 11 is 0. The normalized spacial score (nSPS) is 15.8. The quantitative estimate of drug-likeness (QED) is 0.595. The van der Waals surface area contributed by atoms with E-state index in [1.807, 2.05) is 45.9 Å². The Hall–Kier alpha value is -3.55. The van der Waals surface area contributed by atoms with Gasteiger partial charge in [-0.1, -0.05) is 36.4 Å². The molecule has 180 valence electrons. The highest BCUT2D eigenvalue weighted by atomic mass is 16.6. The molecule has 0 saturated carbocycles. The molecule has 2 heterocycles. The van der Waals surface area contributed by atoms with Crippen molar-refractivity contribution in [3.8, 4) is 0 Å². The number of anilines is 1. The third-order valence-corrected chi connectivity index (χ3v) is 6.09. The van der Waals surface area contributed by atoms with Crippen molar-refractivity contribution in [1.29, 1.82) is 0 Å². The van der Waals surface area contributed by atoms with E-state index in [2.05, 4.69) is 34.6 Å². The number of nitrogens with one attached hydrogen (secondary N) is 2. The van der Waals surface area contributed by atoms with E-state index in [9.17, 15) is 14.4 Å². The fourth-order valence-electron chi connectivity index (χ4n) is 4.35. The first kappa shape index (κ1) is 23.6. The van der Waals surface area contributed by atoms with Crippen molar-refractivity contribution in [2.24, 2.45) is 0 Å². The fourth-order valence-corrected chi connectivity index (χ4v) is 4.35. The smallest absolute Gasteiger partial charge is 0.410 e. The Morgan fingerprint density at radius 3 is 2.38 bits per heavy atom. The average Bonchev–Trinajstić information content (AvgIpc) is 2.77. The molecule has 1 unspecified atom stereocenters. The minimum Gasteiger partial charge on any atom is -0.444 e. The Labute approximate surface area is 198 Å². The zero-order valence-electron chi connectivity index (χ0n) is 20.1. The second kappa shape index (κ2) is 9.37. The number of benzene rings is 2. The number of nitrogens with zero attached hydrogens (tertiary/aromatic N) is 2. The molecule has 0 aliphatic carbocycles. The average molecular weight is 465 g/mol. The van der Waals surface area contributed by atoms with Gasteiger partial charge in [0.2, 0.25) is 0 Å². The lowest BCUT2D eigenvalue weighted by Crippen LogP contribution is -2.46. The molecule has 34 heavy (non-hydrogen) atoms. The summed E-state index contributed by atoms with van der Waals surface area (Å²) in [4.78, 5) is 42.4. The highest BCUT2D eigenvalue weighted by Gasteiger charge is 2.28. The molecule has 1 atom stereocenters. The maximum absolute atomic E-state index is 12.9. The van der Waals surface area contributed by atoms with Crippen molar-refractivity contribution >= 4 is 22.7 Å². The molecule has 1 amide bonds. The van der Waals surface area contributed by atoms with Gasteiger partial charge in [-0.3, -0.25) is 14.3 Å². The summed E-state index contributed by atoms with van der Waals surface area (Å²) in [5, 5.41) is 5.53. The molecule has 1 fully saturated rings. The zero-order valence-corrected chi connectivity index (χ0v) is 20.1. The van der Waals surface area contributed by atoms with Crippen LogP contribution in [0, 0.1) is 0 Å². The highest BCUT2D eigenvalue weighted by molar-refractivity contribution is 5.83. The number of H-pyrrole nitrogens is 1. The molecule has 1 aliphatic rings. The molecule has 2 aromatic carbocycles. The van der Waals surface area contributed by atoms with Crippen LogP contribution in [0.2, 0.25) is 0 Å². The molecule has 2 N–H and O–H groups in total. The Morgan fingerprint density at radius 1 is 1.06 bits per heavy atom. The number of hydrogen-bond acceptors (Lipinski definition) is 5. The van der Waals surface area contributed by atoms with Gasteiger partial charge < -0.3 is 15.0 Å². The fraction of sp³-hybridized carbons (Fsp3) is 0.423. The summed E-state index contributed by atoms with van der Waals surface area (Å²) in [5.74, 6) is 0.387. The van der Waals surface area contributed by atoms with Gasteiger partial charge in [-0.25, -0.2) is 9.59 Å². The third-order valence-electron chi connectivity index (χ3n) is 6.09. The van der Waals surface area contributed by atoms with Crippen LogP contribution >= 0.6 is 0 Å². The zero-order chi connectivity index (χ0) is 24.5. The van der Waals surface area contributed by atoms with Gasteiger partial charge >= 0.3 is 11.8 Å². The molecular formula is C26H32N4O4. The Morgan fingerprint density at radius 2 is 1.74 bits per heavy atom. The van der Waals surface area contributed by atoms with Crippen molar-refractivity contribution in [3.63, 3.8) is 0 Å². The molecule has 1 saturated heterocycles. The van der Waals surface area contributed by atoms with Gasteiger partial charge in [0, 0.05) is 31.2 Å². The molecule has 8 nitrogen and oxygen atoms in total. The molecule has 0 spiro atoms. The van der Waals surface area contributed by atoms with Crippen LogP contribution in [0.4, 0.5) is 10.6 Å². The summed E-state index contributed by atoms with van der Waals surface area (Å²) < 4.78 is 6.68. The summed E-state index contributed by atoms with van der Waals surface area (Å²) in [6.07, 6.45) is 0.666. The lowest BCUT2D eigenvalue weighted by atomic mass is 10.0. The van der Waals surface area contributed by atoms with E-state index in [0.29, 0.717) is 31.7 Å². The summed E-state index contributed by atoms with van der Waals surface area (Å²) in [6.45, 7) is 8.34. The first-order chi connectivity index (χ1) is 16.1. The van der Waals surface area contributed by atoms with E-state index in [1.54, 1.807) is 4.90 Å².